The van der Waals surface area contributed by atoms with Crippen molar-refractivity contribution in [2.75, 3.05) is 6.54 Å². The Bertz CT molecular complexity index is 942. The van der Waals surface area contributed by atoms with Crippen LogP contribution >= 0.6 is 0 Å². The van der Waals surface area contributed by atoms with Crippen molar-refractivity contribution in [2.45, 2.75) is 103 Å². The third kappa shape index (κ3) is 3.66. The van der Waals surface area contributed by atoms with Gasteiger partial charge in [-0.2, -0.15) is 4.98 Å². The highest BCUT2D eigenvalue weighted by Crippen LogP contribution is 2.46. The molecule has 0 radical (unpaired) electrons. The first-order chi connectivity index (χ1) is 15.3. The third-order valence-electron chi connectivity index (χ3n) is 6.81. The minimum Gasteiger partial charge on any atom is -0.444 e. The van der Waals surface area contributed by atoms with Crippen LogP contribution in [0.1, 0.15) is 67.2 Å². The van der Waals surface area contributed by atoms with Gasteiger partial charge < -0.3 is 23.8 Å². The van der Waals surface area contributed by atoms with E-state index < -0.39 is 35.1 Å². The molecule has 4 atom stereocenters. The van der Waals surface area contributed by atoms with Gasteiger partial charge in [-0.15, -0.1) is 0 Å². The minimum absolute atomic E-state index is 0.145. The van der Waals surface area contributed by atoms with Crippen LogP contribution in [0.4, 0.5) is 4.79 Å². The standard InChI is InChI=1S/C22H33N5O6/c1-13-16(27(21(6,7)31-13)19(30)32-20(3,4)5)17(28)26-10-8-9-22(26)14(2)25(18(22)29)11-15-23-12-24-33-15/h12-14,16H,8-11H2,1-7H3/t13-,14?,16?,22?/m1/s1. The fourth-order valence-electron chi connectivity index (χ4n) is 5.46. The largest absolute Gasteiger partial charge is 0.444 e. The van der Waals surface area contributed by atoms with E-state index in [2.05, 4.69) is 10.1 Å². The summed E-state index contributed by atoms with van der Waals surface area (Å²) in [7, 11) is 0. The van der Waals surface area contributed by atoms with Gasteiger partial charge in [0.2, 0.25) is 11.8 Å². The first-order valence-corrected chi connectivity index (χ1v) is 11.4. The monoisotopic (exact) mass is 463 g/mol. The number of hydrogen-bond acceptors (Lipinski definition) is 8. The fourth-order valence-corrected chi connectivity index (χ4v) is 5.46. The van der Waals surface area contributed by atoms with Gasteiger partial charge in [0.1, 0.15) is 29.5 Å². The van der Waals surface area contributed by atoms with Crippen molar-refractivity contribution in [3.63, 3.8) is 0 Å². The first-order valence-electron chi connectivity index (χ1n) is 11.4. The van der Waals surface area contributed by atoms with Crippen molar-refractivity contribution in [3.05, 3.63) is 12.2 Å². The number of likely N-dealkylation sites (tertiary alicyclic amines) is 2. The second kappa shape index (κ2) is 7.68. The van der Waals surface area contributed by atoms with Gasteiger partial charge in [0.05, 0.1) is 12.1 Å². The van der Waals surface area contributed by atoms with Gasteiger partial charge in [0.25, 0.3) is 5.91 Å². The van der Waals surface area contributed by atoms with E-state index in [9.17, 15) is 14.4 Å². The molecule has 33 heavy (non-hydrogen) atoms. The Morgan fingerprint density at radius 2 is 1.97 bits per heavy atom. The van der Waals surface area contributed by atoms with Crippen molar-refractivity contribution in [1.29, 1.82) is 0 Å². The maximum Gasteiger partial charge on any atom is 0.413 e. The van der Waals surface area contributed by atoms with E-state index in [1.54, 1.807) is 51.3 Å². The van der Waals surface area contributed by atoms with Crippen LogP contribution in [0.25, 0.3) is 0 Å². The van der Waals surface area contributed by atoms with E-state index in [4.69, 9.17) is 14.0 Å². The molecule has 0 saturated carbocycles. The maximum absolute atomic E-state index is 13.9. The molecule has 0 N–H and O–H groups in total. The molecule has 3 aliphatic rings. The summed E-state index contributed by atoms with van der Waals surface area (Å²) in [4.78, 5) is 49.1. The maximum atomic E-state index is 13.9. The first kappa shape index (κ1) is 23.5. The normalized spacial score (nSPS) is 31.3. The highest BCUT2D eigenvalue weighted by Gasteiger charge is 2.66. The van der Waals surface area contributed by atoms with E-state index in [0.29, 0.717) is 25.3 Å². The highest BCUT2D eigenvalue weighted by atomic mass is 16.6. The number of nitrogens with zero attached hydrogens (tertiary/aromatic N) is 5. The molecule has 3 saturated heterocycles. The van der Waals surface area contributed by atoms with Gasteiger partial charge in [-0.1, -0.05) is 5.16 Å². The number of ether oxygens (including phenoxy) is 2. The lowest BCUT2D eigenvalue weighted by Crippen LogP contribution is -2.78. The molecule has 3 fully saturated rings. The van der Waals surface area contributed by atoms with E-state index in [1.165, 1.54) is 11.2 Å². The van der Waals surface area contributed by atoms with Crippen molar-refractivity contribution in [1.82, 2.24) is 24.8 Å². The van der Waals surface area contributed by atoms with E-state index >= 15 is 0 Å². The lowest BCUT2D eigenvalue weighted by atomic mass is 9.77. The Morgan fingerprint density at radius 1 is 1.27 bits per heavy atom. The fraction of sp³-hybridized carbons (Fsp3) is 0.773. The average Bonchev–Trinajstić information content (AvgIpc) is 3.41. The van der Waals surface area contributed by atoms with Gasteiger partial charge in [-0.25, -0.2) is 4.79 Å². The zero-order chi connectivity index (χ0) is 24.3. The number of rotatable bonds is 3. The smallest absolute Gasteiger partial charge is 0.413 e. The number of aromatic nitrogens is 2. The number of β-lactam (4-membered cyclic amide) rings is 1. The molecule has 4 rings (SSSR count). The molecular weight excluding hydrogens is 430 g/mol. The van der Waals surface area contributed by atoms with Gasteiger partial charge in [0.15, 0.2) is 6.33 Å². The molecule has 1 spiro atoms. The Morgan fingerprint density at radius 3 is 2.55 bits per heavy atom. The summed E-state index contributed by atoms with van der Waals surface area (Å²) in [6.45, 7) is 13.1. The lowest BCUT2D eigenvalue weighted by molar-refractivity contribution is -0.180. The molecule has 3 aliphatic heterocycles. The van der Waals surface area contributed by atoms with Crippen LogP contribution in [0.15, 0.2) is 10.9 Å². The molecule has 11 heteroatoms. The summed E-state index contributed by atoms with van der Waals surface area (Å²) >= 11 is 0. The summed E-state index contributed by atoms with van der Waals surface area (Å²) in [6.07, 6.45) is 1.39. The Hall–Kier alpha value is -2.69. The lowest BCUT2D eigenvalue weighted by Gasteiger charge is -2.56. The molecular formula is C22H33N5O6. The molecule has 182 valence electrons. The van der Waals surface area contributed by atoms with Crippen LogP contribution in [0.2, 0.25) is 0 Å². The molecule has 4 heterocycles. The quantitative estimate of drug-likeness (QED) is 0.624. The second-order valence-corrected chi connectivity index (χ2v) is 10.5. The van der Waals surface area contributed by atoms with Crippen molar-refractivity contribution < 1.29 is 28.4 Å². The molecule has 0 bridgehead atoms. The van der Waals surface area contributed by atoms with E-state index in [1.807, 2.05) is 6.92 Å². The molecule has 3 amide bonds. The van der Waals surface area contributed by atoms with Crippen molar-refractivity contribution >= 4 is 17.9 Å². The molecule has 1 aromatic heterocycles. The number of carbonyl (C=O) groups is 3. The predicted molar refractivity (Wildman–Crippen MR) is 114 cm³/mol. The van der Waals surface area contributed by atoms with Crippen LogP contribution in [-0.4, -0.2) is 84.3 Å². The number of amides is 3. The molecule has 0 aromatic carbocycles. The van der Waals surface area contributed by atoms with Crippen molar-refractivity contribution in [3.8, 4) is 0 Å². The average molecular weight is 464 g/mol. The summed E-state index contributed by atoms with van der Waals surface area (Å²) < 4.78 is 16.7. The topological polar surface area (TPSA) is 118 Å². The second-order valence-electron chi connectivity index (χ2n) is 10.5. The van der Waals surface area contributed by atoms with Crippen LogP contribution in [0.3, 0.4) is 0 Å². The SMILES string of the molecule is CC1N(Cc2ncno2)C(=O)C12CCCN2C(=O)C1[C@@H](C)OC(C)(C)N1C(=O)OC(C)(C)C. The van der Waals surface area contributed by atoms with E-state index in [0.717, 1.165) is 0 Å². The molecule has 11 nitrogen and oxygen atoms in total. The molecule has 1 aromatic rings. The predicted octanol–water partition coefficient (Wildman–Crippen LogP) is 1.92. The number of carbonyl (C=O) groups excluding carboxylic acids is 3. The van der Waals surface area contributed by atoms with Crippen LogP contribution in [0, 0.1) is 0 Å². The van der Waals surface area contributed by atoms with Crippen molar-refractivity contribution in [2.24, 2.45) is 0 Å². The Kier molecular flexibility index (Phi) is 5.46. The van der Waals surface area contributed by atoms with Crippen LogP contribution in [0.5, 0.6) is 0 Å². The minimum atomic E-state index is -1.03. The van der Waals surface area contributed by atoms with Gasteiger partial charge in [-0.05, 0) is 61.3 Å². The molecule has 3 unspecified atom stereocenters. The van der Waals surface area contributed by atoms with Gasteiger partial charge >= 0.3 is 6.09 Å². The zero-order valence-corrected chi connectivity index (χ0v) is 20.3. The van der Waals surface area contributed by atoms with E-state index in [-0.39, 0.29) is 24.4 Å². The van der Waals surface area contributed by atoms with Gasteiger partial charge in [0, 0.05) is 6.54 Å². The van der Waals surface area contributed by atoms with Crippen LogP contribution in [-0.2, 0) is 25.6 Å². The summed E-state index contributed by atoms with van der Waals surface area (Å²) in [5.74, 6) is -0.0978. The van der Waals surface area contributed by atoms with Gasteiger partial charge in [-0.3, -0.25) is 14.5 Å². The molecule has 0 aliphatic carbocycles. The summed E-state index contributed by atoms with van der Waals surface area (Å²) in [5.41, 5.74) is -2.70. The third-order valence-corrected chi connectivity index (χ3v) is 6.81. The highest BCUT2D eigenvalue weighted by molar-refractivity contribution is 6.00. The summed E-state index contributed by atoms with van der Waals surface area (Å²) in [6, 6.07) is -1.13. The summed E-state index contributed by atoms with van der Waals surface area (Å²) in [5, 5.41) is 3.59. The zero-order valence-electron chi connectivity index (χ0n) is 20.3. The van der Waals surface area contributed by atoms with Crippen LogP contribution < -0.4 is 0 Å². The Balaban J connectivity index is 1.59. The Labute approximate surface area is 193 Å². The number of hydrogen-bond donors (Lipinski definition) is 0.